The van der Waals surface area contributed by atoms with Gasteiger partial charge in [-0.1, -0.05) is 12.1 Å². The van der Waals surface area contributed by atoms with Gasteiger partial charge in [0, 0.05) is 24.3 Å². The van der Waals surface area contributed by atoms with Crippen LogP contribution < -0.4 is 5.73 Å². The van der Waals surface area contributed by atoms with Crippen LogP contribution in [0.15, 0.2) is 73.2 Å². The predicted octanol–water partition coefficient (Wildman–Crippen LogP) is 3.76. The summed E-state index contributed by atoms with van der Waals surface area (Å²) in [4.78, 5) is 17.6. The highest BCUT2D eigenvalue weighted by atomic mass is 19.1. The average molecular weight is 412 g/mol. The average Bonchev–Trinajstić information content (AvgIpc) is 3.18. The lowest BCUT2D eigenvalue weighted by Crippen LogP contribution is -2.02. The van der Waals surface area contributed by atoms with Crippen molar-refractivity contribution in [3.05, 3.63) is 84.6 Å². The van der Waals surface area contributed by atoms with E-state index in [0.717, 1.165) is 11.3 Å². The summed E-state index contributed by atoms with van der Waals surface area (Å²) in [7, 11) is 0. The van der Waals surface area contributed by atoms with E-state index in [1.807, 2.05) is 34.9 Å². The minimum atomic E-state index is -0.406. The van der Waals surface area contributed by atoms with E-state index in [1.54, 1.807) is 24.4 Å². The van der Waals surface area contributed by atoms with E-state index in [4.69, 9.17) is 15.7 Å². The zero-order valence-corrected chi connectivity index (χ0v) is 16.3. The van der Waals surface area contributed by atoms with Crippen molar-refractivity contribution >= 4 is 17.0 Å². The fourth-order valence-corrected chi connectivity index (χ4v) is 3.46. The van der Waals surface area contributed by atoms with Crippen LogP contribution in [-0.2, 0) is 6.61 Å². The third-order valence-electron chi connectivity index (χ3n) is 5.00. The van der Waals surface area contributed by atoms with E-state index in [1.165, 1.54) is 18.5 Å². The van der Waals surface area contributed by atoms with Crippen LogP contribution in [-0.4, -0.2) is 29.6 Å². The minimum absolute atomic E-state index is 0.0595. The number of anilines is 1. The van der Waals surface area contributed by atoms with Crippen LogP contribution in [0.4, 0.5) is 10.2 Å². The van der Waals surface area contributed by atoms with Crippen molar-refractivity contribution in [2.75, 3.05) is 5.73 Å². The first-order valence-electron chi connectivity index (χ1n) is 9.56. The molecule has 31 heavy (non-hydrogen) atoms. The first-order chi connectivity index (χ1) is 15.2. The number of hydrogen-bond acceptors (Lipinski definition) is 6. The van der Waals surface area contributed by atoms with Gasteiger partial charge in [0.25, 0.3) is 0 Å². The lowest BCUT2D eigenvalue weighted by atomic mass is 10.2. The minimum Gasteiger partial charge on any atom is -0.392 e. The summed E-state index contributed by atoms with van der Waals surface area (Å²) in [5.41, 5.74) is 10.2. The third-order valence-corrected chi connectivity index (χ3v) is 5.00. The quantitative estimate of drug-likeness (QED) is 0.466. The number of imidazole rings is 1. The second-order valence-corrected chi connectivity index (χ2v) is 6.93. The Morgan fingerprint density at radius 1 is 0.935 bits per heavy atom. The smallest absolute Gasteiger partial charge is 0.165 e. The summed E-state index contributed by atoms with van der Waals surface area (Å²) in [6.07, 6.45) is 4.46. The van der Waals surface area contributed by atoms with Crippen molar-refractivity contribution in [3.8, 4) is 28.3 Å². The van der Waals surface area contributed by atoms with Crippen LogP contribution >= 0.6 is 0 Å². The Kier molecular flexibility index (Phi) is 4.61. The van der Waals surface area contributed by atoms with Gasteiger partial charge in [-0.3, -0.25) is 9.55 Å². The van der Waals surface area contributed by atoms with Crippen molar-refractivity contribution in [1.29, 1.82) is 0 Å². The Bertz CT molecular complexity index is 1400. The number of aromatic nitrogens is 5. The molecule has 4 aromatic heterocycles. The molecule has 4 heterocycles. The Hall–Kier alpha value is -4.17. The standard InChI is InChI=1S/C23H17FN6O/c24-18-9-11-26-12-17(18)19-7-8-20-23(28-19)30(15-5-3-14(13-31)4-6-15)22(29-20)16-2-1-10-27-21(16)25/h1-12,31H,13H2,(H2,25,27). The summed E-state index contributed by atoms with van der Waals surface area (Å²) in [6.45, 7) is -0.0595. The molecule has 0 aliphatic rings. The van der Waals surface area contributed by atoms with Crippen LogP contribution in [0.3, 0.4) is 0 Å². The van der Waals surface area contributed by atoms with Crippen molar-refractivity contribution in [1.82, 2.24) is 24.5 Å². The molecule has 0 saturated carbocycles. The number of pyridine rings is 3. The molecule has 7 nitrogen and oxygen atoms in total. The number of nitrogens with two attached hydrogens (primary N) is 1. The zero-order chi connectivity index (χ0) is 21.4. The van der Waals surface area contributed by atoms with Gasteiger partial charge >= 0.3 is 0 Å². The summed E-state index contributed by atoms with van der Waals surface area (Å²) < 4.78 is 16.2. The zero-order valence-electron chi connectivity index (χ0n) is 16.3. The molecule has 0 aliphatic carbocycles. The normalized spacial score (nSPS) is 11.2. The highest BCUT2D eigenvalue weighted by molar-refractivity contribution is 5.84. The van der Waals surface area contributed by atoms with E-state index in [2.05, 4.69) is 9.97 Å². The maximum absolute atomic E-state index is 14.4. The summed E-state index contributed by atoms with van der Waals surface area (Å²) in [6, 6.07) is 15.8. The molecule has 0 unspecified atom stereocenters. The van der Waals surface area contributed by atoms with Gasteiger partial charge in [-0.05, 0) is 48.0 Å². The van der Waals surface area contributed by atoms with Crippen molar-refractivity contribution in [3.63, 3.8) is 0 Å². The fourth-order valence-electron chi connectivity index (χ4n) is 3.46. The second-order valence-electron chi connectivity index (χ2n) is 6.93. The number of halogens is 1. The predicted molar refractivity (Wildman–Crippen MR) is 116 cm³/mol. The van der Waals surface area contributed by atoms with Crippen LogP contribution in [0.2, 0.25) is 0 Å². The Morgan fingerprint density at radius 3 is 2.52 bits per heavy atom. The van der Waals surface area contributed by atoms with Gasteiger partial charge < -0.3 is 10.8 Å². The molecule has 8 heteroatoms. The van der Waals surface area contributed by atoms with E-state index < -0.39 is 5.82 Å². The second kappa shape index (κ2) is 7.58. The Labute approximate surface area is 176 Å². The number of rotatable bonds is 4. The molecule has 5 rings (SSSR count). The summed E-state index contributed by atoms with van der Waals surface area (Å²) >= 11 is 0. The monoisotopic (exact) mass is 412 g/mol. The maximum atomic E-state index is 14.4. The van der Waals surface area contributed by atoms with Crippen LogP contribution in [0.1, 0.15) is 5.56 Å². The maximum Gasteiger partial charge on any atom is 0.165 e. The van der Waals surface area contributed by atoms with E-state index in [-0.39, 0.29) is 6.61 Å². The summed E-state index contributed by atoms with van der Waals surface area (Å²) in [5, 5.41) is 9.39. The van der Waals surface area contributed by atoms with E-state index >= 15 is 0 Å². The number of benzene rings is 1. The molecule has 0 radical (unpaired) electrons. The number of aliphatic hydroxyl groups excluding tert-OH is 1. The molecule has 0 bridgehead atoms. The molecule has 0 atom stereocenters. The molecule has 0 amide bonds. The van der Waals surface area contributed by atoms with Gasteiger partial charge in [0.15, 0.2) is 11.5 Å². The summed E-state index contributed by atoms with van der Waals surface area (Å²) in [5.74, 6) is 0.496. The van der Waals surface area contributed by atoms with Gasteiger partial charge in [-0.15, -0.1) is 0 Å². The van der Waals surface area contributed by atoms with Gasteiger partial charge in [0.2, 0.25) is 0 Å². The molecule has 0 aliphatic heterocycles. The Balaban J connectivity index is 1.80. The third kappa shape index (κ3) is 3.28. The number of nitrogen functional groups attached to an aromatic ring is 1. The molecule has 5 aromatic rings. The lowest BCUT2D eigenvalue weighted by Gasteiger charge is -2.11. The van der Waals surface area contributed by atoms with Crippen molar-refractivity contribution in [2.45, 2.75) is 6.61 Å². The SMILES string of the molecule is Nc1ncccc1-c1nc2ccc(-c3cnccc3F)nc2n1-c1ccc(CO)cc1. The first kappa shape index (κ1) is 18.8. The number of aliphatic hydroxyl groups is 1. The van der Waals surface area contributed by atoms with E-state index in [0.29, 0.717) is 39.6 Å². The number of nitrogens with zero attached hydrogens (tertiary/aromatic N) is 5. The van der Waals surface area contributed by atoms with Crippen LogP contribution in [0, 0.1) is 5.82 Å². The number of fused-ring (bicyclic) bond motifs is 1. The molecule has 0 saturated heterocycles. The fraction of sp³-hybridized carbons (Fsp3) is 0.0435. The molecule has 0 fully saturated rings. The largest absolute Gasteiger partial charge is 0.392 e. The van der Waals surface area contributed by atoms with Gasteiger partial charge in [-0.2, -0.15) is 0 Å². The molecule has 3 N–H and O–H groups in total. The van der Waals surface area contributed by atoms with Gasteiger partial charge in [0.05, 0.1) is 23.4 Å². The van der Waals surface area contributed by atoms with Gasteiger partial charge in [0.1, 0.15) is 17.2 Å². The van der Waals surface area contributed by atoms with Crippen molar-refractivity contribution < 1.29 is 9.50 Å². The molecular formula is C23H17FN6O. The topological polar surface area (TPSA) is 103 Å². The first-order valence-corrected chi connectivity index (χ1v) is 9.56. The highest BCUT2D eigenvalue weighted by Crippen LogP contribution is 2.32. The van der Waals surface area contributed by atoms with E-state index in [9.17, 15) is 9.50 Å². The molecule has 1 aromatic carbocycles. The van der Waals surface area contributed by atoms with Crippen LogP contribution in [0.25, 0.3) is 39.5 Å². The molecule has 152 valence electrons. The van der Waals surface area contributed by atoms with Gasteiger partial charge in [-0.25, -0.2) is 19.3 Å². The highest BCUT2D eigenvalue weighted by Gasteiger charge is 2.19. The molecular weight excluding hydrogens is 395 g/mol. The lowest BCUT2D eigenvalue weighted by molar-refractivity contribution is 0.282. The number of hydrogen-bond donors (Lipinski definition) is 2. The Morgan fingerprint density at radius 2 is 1.77 bits per heavy atom. The van der Waals surface area contributed by atoms with Crippen molar-refractivity contribution in [2.24, 2.45) is 0 Å². The van der Waals surface area contributed by atoms with Crippen LogP contribution in [0.5, 0.6) is 0 Å². The molecule has 0 spiro atoms.